The van der Waals surface area contributed by atoms with Crippen LogP contribution in [-0.2, 0) is 14.4 Å². The molecule has 0 radical (unpaired) electrons. The number of carbonyl (C=O) groups is 1. The van der Waals surface area contributed by atoms with Crippen LogP contribution in [0.5, 0.6) is 0 Å². The van der Waals surface area contributed by atoms with E-state index in [0.717, 1.165) is 23.8 Å². The summed E-state index contributed by atoms with van der Waals surface area (Å²) in [7, 11) is 1.42. The molecule has 154 valence electrons. The van der Waals surface area contributed by atoms with E-state index in [-0.39, 0.29) is 17.2 Å². The first-order valence-electron chi connectivity index (χ1n) is 9.19. The fourth-order valence-corrected chi connectivity index (χ4v) is 4.59. The van der Waals surface area contributed by atoms with Crippen LogP contribution < -0.4 is 0 Å². The number of halogens is 2. The lowest BCUT2D eigenvalue weighted by Gasteiger charge is -2.36. The Morgan fingerprint density at radius 3 is 2.66 bits per heavy atom. The number of benzene rings is 2. The van der Waals surface area contributed by atoms with Crippen LogP contribution in [-0.4, -0.2) is 40.9 Å². The van der Waals surface area contributed by atoms with Gasteiger partial charge in [0.15, 0.2) is 0 Å². The van der Waals surface area contributed by atoms with Gasteiger partial charge in [0.2, 0.25) is 0 Å². The molecule has 0 saturated heterocycles. The van der Waals surface area contributed by atoms with Gasteiger partial charge in [-0.2, -0.15) is 5.10 Å². The summed E-state index contributed by atoms with van der Waals surface area (Å²) in [6, 6.07) is 12.3. The molecule has 0 aromatic heterocycles. The van der Waals surface area contributed by atoms with Crippen LogP contribution in [0.2, 0.25) is 0 Å². The van der Waals surface area contributed by atoms with Crippen LogP contribution in [0.25, 0.3) is 0 Å². The number of methoxy groups -OCH3 is 1. The highest BCUT2D eigenvalue weighted by Crippen LogP contribution is 2.50. The molecule has 2 aromatic rings. The van der Waals surface area contributed by atoms with E-state index < -0.39 is 28.5 Å². The number of rotatable bonds is 7. The molecule has 2 aromatic carbocycles. The summed E-state index contributed by atoms with van der Waals surface area (Å²) in [6.45, 7) is 1.52. The lowest BCUT2D eigenvalue weighted by atomic mass is 10.00. The molecule has 1 heterocycles. The van der Waals surface area contributed by atoms with Gasteiger partial charge in [-0.1, -0.05) is 42.1 Å². The van der Waals surface area contributed by atoms with Gasteiger partial charge >= 0.3 is 0 Å². The van der Waals surface area contributed by atoms with Crippen molar-refractivity contribution in [1.29, 1.82) is 0 Å². The van der Waals surface area contributed by atoms with Gasteiger partial charge < -0.3 is 9.84 Å². The van der Waals surface area contributed by atoms with E-state index in [1.54, 1.807) is 6.92 Å². The van der Waals surface area contributed by atoms with Gasteiger partial charge in [-0.05, 0) is 43.5 Å². The molecule has 2 atom stereocenters. The van der Waals surface area contributed by atoms with E-state index >= 15 is 0 Å². The molecule has 0 fully saturated rings. The third kappa shape index (κ3) is 4.19. The molecule has 0 spiro atoms. The van der Waals surface area contributed by atoms with Gasteiger partial charge in [-0.25, -0.2) is 13.8 Å². The van der Waals surface area contributed by atoms with Crippen molar-refractivity contribution in [3.05, 3.63) is 71.3 Å². The van der Waals surface area contributed by atoms with E-state index in [0.29, 0.717) is 12.8 Å². The third-order valence-corrected chi connectivity index (χ3v) is 6.21. The maximum Gasteiger partial charge on any atom is 0.273 e. The van der Waals surface area contributed by atoms with E-state index in [1.807, 2.05) is 30.3 Å². The normalized spacial score (nSPS) is 19.9. The quantitative estimate of drug-likeness (QED) is 0.739. The van der Waals surface area contributed by atoms with Crippen molar-refractivity contribution in [1.82, 2.24) is 5.01 Å². The van der Waals surface area contributed by atoms with E-state index in [4.69, 9.17) is 4.74 Å². The van der Waals surface area contributed by atoms with Crippen molar-refractivity contribution in [2.75, 3.05) is 13.7 Å². The lowest BCUT2D eigenvalue weighted by molar-refractivity contribution is -0.144. The Kier molecular flexibility index (Phi) is 6.66. The number of amides is 1. The Bertz CT molecular complexity index is 910. The van der Waals surface area contributed by atoms with Crippen molar-refractivity contribution < 1.29 is 23.4 Å². The molecule has 0 saturated carbocycles. The van der Waals surface area contributed by atoms with Gasteiger partial charge in [0, 0.05) is 19.3 Å². The Labute approximate surface area is 172 Å². The number of carbonyl (C=O) groups excluding carboxylic acids is 1. The summed E-state index contributed by atoms with van der Waals surface area (Å²) >= 11 is 1.17. The van der Waals surface area contributed by atoms with Gasteiger partial charge in [-0.15, -0.1) is 0 Å². The van der Waals surface area contributed by atoms with E-state index in [9.17, 15) is 18.7 Å². The number of hydrogen-bond acceptors (Lipinski definition) is 5. The topological polar surface area (TPSA) is 62.1 Å². The summed E-state index contributed by atoms with van der Waals surface area (Å²) in [6.07, 6.45) is -0.0283. The smallest absolute Gasteiger partial charge is 0.273 e. The molecule has 1 N–H and O–H groups in total. The molecule has 1 aliphatic rings. The Morgan fingerprint density at radius 1 is 1.28 bits per heavy atom. The van der Waals surface area contributed by atoms with Crippen LogP contribution >= 0.6 is 11.8 Å². The average molecular weight is 420 g/mol. The van der Waals surface area contributed by atoms with E-state index in [1.165, 1.54) is 23.9 Å². The highest BCUT2D eigenvalue weighted by molar-refractivity contribution is 8.15. The Morgan fingerprint density at radius 2 is 2.00 bits per heavy atom. The van der Waals surface area contributed by atoms with Crippen LogP contribution in [0.4, 0.5) is 8.78 Å². The van der Waals surface area contributed by atoms with Crippen LogP contribution in [0.3, 0.4) is 0 Å². The summed E-state index contributed by atoms with van der Waals surface area (Å²) in [5.41, 5.74) is 0.755. The zero-order chi connectivity index (χ0) is 21.0. The molecule has 8 heteroatoms. The number of aliphatic hydroxyl groups excluding tert-OH is 1. The van der Waals surface area contributed by atoms with Crippen molar-refractivity contribution in [2.45, 2.75) is 30.7 Å². The second kappa shape index (κ2) is 9.02. The summed E-state index contributed by atoms with van der Waals surface area (Å²) in [4.78, 5) is 12.1. The minimum absolute atomic E-state index is 0.0142. The van der Waals surface area contributed by atoms with Crippen molar-refractivity contribution >= 4 is 22.7 Å². The molecule has 1 aliphatic heterocycles. The van der Waals surface area contributed by atoms with Gasteiger partial charge in [0.25, 0.3) is 5.91 Å². The number of aliphatic hydroxyl groups is 1. The minimum atomic E-state index is -1.01. The minimum Gasteiger partial charge on any atom is -0.396 e. The molecule has 0 bridgehead atoms. The number of hydrogen-bond donors (Lipinski definition) is 1. The molecule has 3 rings (SSSR count). The fourth-order valence-electron chi connectivity index (χ4n) is 3.17. The first-order chi connectivity index (χ1) is 13.9. The SMILES string of the molecule is CO[C@@H](C)C(=O)N1N=C(c2cc(F)ccc2F)SC1(CCCO)c1ccccc1. The van der Waals surface area contributed by atoms with Gasteiger partial charge in [-0.3, -0.25) is 4.79 Å². The molecule has 29 heavy (non-hydrogen) atoms. The molecule has 5 nitrogen and oxygen atoms in total. The molecule has 1 amide bonds. The first-order valence-corrected chi connectivity index (χ1v) is 10.0. The second-order valence-electron chi connectivity index (χ2n) is 6.64. The number of hydrazone groups is 1. The molecule has 1 unspecified atom stereocenters. The number of nitrogens with zero attached hydrogens (tertiary/aromatic N) is 2. The van der Waals surface area contributed by atoms with Crippen LogP contribution in [0.1, 0.15) is 30.9 Å². The van der Waals surface area contributed by atoms with Crippen molar-refractivity contribution in [2.24, 2.45) is 5.10 Å². The predicted molar refractivity (Wildman–Crippen MR) is 108 cm³/mol. The summed E-state index contributed by atoms with van der Waals surface area (Å²) in [5, 5.41) is 15.3. The van der Waals surface area contributed by atoms with Crippen molar-refractivity contribution in [3.8, 4) is 0 Å². The number of ether oxygens (including phenoxy) is 1. The predicted octanol–water partition coefficient (Wildman–Crippen LogP) is 3.86. The standard InChI is InChI=1S/C21H22F2N2O3S/c1-14(28-2)20(27)25-21(11-6-12-26,15-7-4-3-5-8-15)29-19(24-25)17-13-16(22)9-10-18(17)23/h3-5,7-10,13-14,26H,6,11-12H2,1-2H3/t14-,21?/m0/s1. The molecular weight excluding hydrogens is 398 g/mol. The largest absolute Gasteiger partial charge is 0.396 e. The Balaban J connectivity index is 2.15. The van der Waals surface area contributed by atoms with Gasteiger partial charge in [0.1, 0.15) is 27.7 Å². The molecule has 0 aliphatic carbocycles. The summed E-state index contributed by atoms with van der Waals surface area (Å²) < 4.78 is 33.4. The van der Waals surface area contributed by atoms with Crippen LogP contribution in [0.15, 0.2) is 53.6 Å². The molecular formula is C21H22F2N2O3S. The fraction of sp³-hybridized carbons (Fsp3) is 0.333. The van der Waals surface area contributed by atoms with Gasteiger partial charge in [0.05, 0.1) is 0 Å². The maximum absolute atomic E-state index is 14.5. The average Bonchev–Trinajstić information content (AvgIpc) is 3.14. The zero-order valence-corrected chi connectivity index (χ0v) is 17.0. The van der Waals surface area contributed by atoms with E-state index in [2.05, 4.69) is 5.10 Å². The highest BCUT2D eigenvalue weighted by atomic mass is 32.2. The zero-order valence-electron chi connectivity index (χ0n) is 16.1. The maximum atomic E-state index is 14.5. The van der Waals surface area contributed by atoms with Crippen molar-refractivity contribution in [3.63, 3.8) is 0 Å². The third-order valence-electron chi connectivity index (χ3n) is 4.77. The second-order valence-corrected chi connectivity index (χ2v) is 7.90. The van der Waals surface area contributed by atoms with Crippen LogP contribution in [0, 0.1) is 11.6 Å². The summed E-state index contributed by atoms with van der Waals surface area (Å²) in [5.74, 6) is -1.63. The lowest BCUT2D eigenvalue weighted by Crippen LogP contribution is -2.45. The monoisotopic (exact) mass is 420 g/mol. The number of thioether (sulfide) groups is 1. The Hall–Kier alpha value is -2.29. The highest BCUT2D eigenvalue weighted by Gasteiger charge is 2.49. The first kappa shape index (κ1) is 21.4.